The van der Waals surface area contributed by atoms with Crippen molar-refractivity contribution in [1.82, 2.24) is 0 Å². The van der Waals surface area contributed by atoms with Crippen molar-refractivity contribution in [3.63, 3.8) is 0 Å². The molecule has 21 heavy (non-hydrogen) atoms. The maximum atomic E-state index is 11.5. The van der Waals surface area contributed by atoms with E-state index in [4.69, 9.17) is 23.2 Å². The first-order valence-electron chi connectivity index (χ1n) is 6.48. The second-order valence-corrected chi connectivity index (χ2v) is 6.88. The summed E-state index contributed by atoms with van der Waals surface area (Å²) < 4.78 is 1.02. The minimum absolute atomic E-state index is 0.0100. The summed E-state index contributed by atoms with van der Waals surface area (Å²) in [4.78, 5) is 11.5. The van der Waals surface area contributed by atoms with Crippen LogP contribution in [-0.2, 0) is 11.2 Å². The van der Waals surface area contributed by atoms with Crippen molar-refractivity contribution in [2.75, 3.05) is 5.32 Å². The number of carbonyl (C=O) groups excluding carboxylic acids is 1. The first-order chi connectivity index (χ1) is 9.95. The maximum Gasteiger partial charge on any atom is 0.228 e. The highest BCUT2D eigenvalue weighted by molar-refractivity contribution is 9.10. The predicted molar refractivity (Wildman–Crippen MR) is 90.4 cm³/mol. The van der Waals surface area contributed by atoms with Crippen molar-refractivity contribution in [2.45, 2.75) is 18.7 Å². The highest BCUT2D eigenvalue weighted by Gasteiger charge is 2.23. The van der Waals surface area contributed by atoms with Crippen LogP contribution in [0.3, 0.4) is 0 Å². The fourth-order valence-electron chi connectivity index (χ4n) is 2.55. The lowest BCUT2D eigenvalue weighted by Gasteiger charge is -2.16. The number of carbonyl (C=O) groups is 1. The molecule has 1 atom stereocenters. The molecule has 5 heteroatoms. The predicted octanol–water partition coefficient (Wildman–Crippen LogP) is 5.23. The summed E-state index contributed by atoms with van der Waals surface area (Å²) in [6.07, 6.45) is 0.377. The van der Waals surface area contributed by atoms with Crippen LogP contribution in [0.5, 0.6) is 0 Å². The number of aryl methyl sites for hydroxylation is 1. The zero-order valence-electron chi connectivity index (χ0n) is 11.2. The lowest BCUT2D eigenvalue weighted by Crippen LogP contribution is -2.03. The van der Waals surface area contributed by atoms with E-state index in [0.717, 1.165) is 32.4 Å². The third-order valence-corrected chi connectivity index (χ3v) is 4.92. The molecule has 1 N–H and O–H groups in total. The molecule has 2 nitrogen and oxygen atoms in total. The van der Waals surface area contributed by atoms with Gasteiger partial charge in [-0.05, 0) is 53.4 Å². The van der Waals surface area contributed by atoms with E-state index in [1.165, 1.54) is 0 Å². The van der Waals surface area contributed by atoms with E-state index < -0.39 is 0 Å². The van der Waals surface area contributed by atoms with Gasteiger partial charge in [0, 0.05) is 15.2 Å². The molecular formula is C16H12BrCl2NO. The van der Waals surface area contributed by atoms with Gasteiger partial charge in [-0.1, -0.05) is 33.6 Å². The minimum Gasteiger partial charge on any atom is -0.325 e. The van der Waals surface area contributed by atoms with Crippen molar-refractivity contribution in [1.29, 1.82) is 0 Å². The third kappa shape index (κ3) is 2.83. The molecule has 0 radical (unpaired) electrons. The minimum atomic E-state index is -0.341. The number of halogens is 3. The van der Waals surface area contributed by atoms with Gasteiger partial charge in [-0.2, -0.15) is 0 Å². The van der Waals surface area contributed by atoms with Gasteiger partial charge in [0.25, 0.3) is 0 Å². The highest BCUT2D eigenvalue weighted by Crippen LogP contribution is 2.39. The van der Waals surface area contributed by atoms with Gasteiger partial charge >= 0.3 is 0 Å². The van der Waals surface area contributed by atoms with Crippen LogP contribution < -0.4 is 5.32 Å². The number of hydrogen-bond acceptors (Lipinski definition) is 1. The van der Waals surface area contributed by atoms with Crippen LogP contribution in [0, 0.1) is 6.92 Å². The maximum absolute atomic E-state index is 11.5. The normalized spacial score (nSPS) is 14.8. The summed E-state index contributed by atoms with van der Waals surface area (Å²) >= 11 is 16.4. The molecule has 0 spiro atoms. The molecule has 0 aliphatic carbocycles. The Morgan fingerprint density at radius 3 is 2.71 bits per heavy atom. The Bertz CT molecular complexity index is 745. The van der Waals surface area contributed by atoms with Crippen molar-refractivity contribution in [3.05, 3.63) is 62.1 Å². The number of rotatable bonds is 2. The molecular weight excluding hydrogens is 373 g/mol. The fraction of sp³-hybridized carbons (Fsp3) is 0.188. The second-order valence-electron chi connectivity index (χ2n) is 5.12. The van der Waals surface area contributed by atoms with E-state index in [9.17, 15) is 4.79 Å². The Labute approximate surface area is 141 Å². The SMILES string of the molecule is Cc1cc(Br)ccc1C(Cl)c1cc2c(cc1Cl)NC(=O)C2. The summed E-state index contributed by atoms with van der Waals surface area (Å²) in [6.45, 7) is 2.02. The third-order valence-electron chi connectivity index (χ3n) is 3.63. The fourth-order valence-corrected chi connectivity index (χ4v) is 3.78. The van der Waals surface area contributed by atoms with Gasteiger partial charge in [0.15, 0.2) is 0 Å². The molecule has 2 aromatic carbocycles. The van der Waals surface area contributed by atoms with Crippen LogP contribution in [0.25, 0.3) is 0 Å². The summed E-state index contributed by atoms with van der Waals surface area (Å²) in [6, 6.07) is 9.68. The molecule has 1 unspecified atom stereocenters. The van der Waals surface area contributed by atoms with Crippen molar-refractivity contribution >= 4 is 50.7 Å². The molecule has 0 aromatic heterocycles. The summed E-state index contributed by atoms with van der Waals surface area (Å²) in [5.74, 6) is -0.0100. The molecule has 1 aliphatic rings. The van der Waals surface area contributed by atoms with Crippen LogP contribution in [0.1, 0.15) is 27.6 Å². The Balaban J connectivity index is 2.04. The molecule has 108 valence electrons. The van der Waals surface area contributed by atoms with E-state index in [2.05, 4.69) is 21.2 Å². The Morgan fingerprint density at radius 1 is 1.24 bits per heavy atom. The summed E-state index contributed by atoms with van der Waals surface area (Å²) in [7, 11) is 0. The molecule has 0 saturated carbocycles. The lowest BCUT2D eigenvalue weighted by atomic mass is 9.98. The van der Waals surface area contributed by atoms with E-state index in [0.29, 0.717) is 11.4 Å². The van der Waals surface area contributed by atoms with Gasteiger partial charge in [-0.3, -0.25) is 4.79 Å². The molecule has 0 bridgehead atoms. The zero-order valence-corrected chi connectivity index (χ0v) is 14.3. The van der Waals surface area contributed by atoms with Gasteiger partial charge in [-0.25, -0.2) is 0 Å². The average Bonchev–Trinajstić information content (AvgIpc) is 2.76. The zero-order chi connectivity index (χ0) is 15.1. The van der Waals surface area contributed by atoms with Gasteiger partial charge in [0.1, 0.15) is 0 Å². The molecule has 1 heterocycles. The second kappa shape index (κ2) is 5.64. The molecule has 0 saturated heterocycles. The first kappa shape index (κ1) is 14.9. The van der Waals surface area contributed by atoms with Crippen molar-refractivity contribution in [3.8, 4) is 0 Å². The van der Waals surface area contributed by atoms with Gasteiger partial charge < -0.3 is 5.32 Å². The highest BCUT2D eigenvalue weighted by atomic mass is 79.9. The van der Waals surface area contributed by atoms with Crippen LogP contribution in [0.2, 0.25) is 5.02 Å². The monoisotopic (exact) mass is 383 g/mol. The van der Waals surface area contributed by atoms with E-state index in [1.807, 2.05) is 31.2 Å². The molecule has 2 aromatic rings. The number of anilines is 1. The van der Waals surface area contributed by atoms with Crippen LogP contribution in [-0.4, -0.2) is 5.91 Å². The molecule has 3 rings (SSSR count). The summed E-state index contributed by atoms with van der Waals surface area (Å²) in [5, 5.41) is 3.02. The Morgan fingerprint density at radius 2 is 2.00 bits per heavy atom. The number of benzene rings is 2. The standard InChI is InChI=1S/C16H12BrCl2NO/c1-8-4-10(17)2-3-11(8)16(19)12-5-9-6-15(21)20-14(9)7-13(12)18/h2-5,7,16H,6H2,1H3,(H,20,21). The molecule has 1 aliphatic heterocycles. The lowest BCUT2D eigenvalue weighted by molar-refractivity contribution is -0.115. The largest absolute Gasteiger partial charge is 0.325 e. The van der Waals surface area contributed by atoms with Crippen molar-refractivity contribution in [2.24, 2.45) is 0 Å². The Hall–Kier alpha value is -1.03. The number of nitrogens with one attached hydrogen (secondary N) is 1. The number of amides is 1. The van der Waals surface area contributed by atoms with Gasteiger partial charge in [0.05, 0.1) is 11.8 Å². The van der Waals surface area contributed by atoms with Gasteiger partial charge in [-0.15, -0.1) is 11.6 Å². The van der Waals surface area contributed by atoms with Crippen molar-refractivity contribution < 1.29 is 4.79 Å². The van der Waals surface area contributed by atoms with Crippen LogP contribution in [0.15, 0.2) is 34.8 Å². The van der Waals surface area contributed by atoms with E-state index >= 15 is 0 Å². The van der Waals surface area contributed by atoms with E-state index in [1.54, 1.807) is 6.07 Å². The van der Waals surface area contributed by atoms with Gasteiger partial charge in [0.2, 0.25) is 5.91 Å². The molecule has 0 fully saturated rings. The molecule has 1 amide bonds. The average molecular weight is 385 g/mol. The van der Waals surface area contributed by atoms with Crippen LogP contribution in [0.4, 0.5) is 5.69 Å². The Kier molecular flexibility index (Phi) is 4.00. The van der Waals surface area contributed by atoms with E-state index in [-0.39, 0.29) is 11.3 Å². The number of hydrogen-bond donors (Lipinski definition) is 1. The first-order valence-corrected chi connectivity index (χ1v) is 8.08. The topological polar surface area (TPSA) is 29.1 Å². The number of alkyl halides is 1. The quantitative estimate of drug-likeness (QED) is 0.705. The van der Waals surface area contributed by atoms with Crippen LogP contribution >= 0.6 is 39.1 Å². The summed E-state index contributed by atoms with van der Waals surface area (Å²) in [5.41, 5.74) is 4.66. The number of fused-ring (bicyclic) bond motifs is 1. The smallest absolute Gasteiger partial charge is 0.228 e.